The van der Waals surface area contributed by atoms with Crippen molar-refractivity contribution in [2.24, 2.45) is 5.16 Å². The normalized spacial score (nSPS) is 11.0. The van der Waals surface area contributed by atoms with E-state index in [-0.39, 0.29) is 6.61 Å². The molecule has 1 heterocycles. The van der Waals surface area contributed by atoms with E-state index in [0.717, 1.165) is 16.9 Å². The van der Waals surface area contributed by atoms with Gasteiger partial charge in [-0.25, -0.2) is 4.98 Å². The maximum Gasteiger partial charge on any atom is 0.235 e. The quantitative estimate of drug-likeness (QED) is 0.377. The maximum atomic E-state index is 5.64. The molecule has 1 aromatic heterocycles. The summed E-state index contributed by atoms with van der Waals surface area (Å²) < 4.78 is 5.64. The van der Waals surface area contributed by atoms with Crippen molar-refractivity contribution >= 4 is 18.0 Å². The summed E-state index contributed by atoms with van der Waals surface area (Å²) in [5.41, 5.74) is 1.98. The fraction of sp³-hybridized carbons (Fsp3) is 0.111. The van der Waals surface area contributed by atoms with Gasteiger partial charge in [-0.15, -0.1) is 11.8 Å². The highest BCUT2D eigenvalue weighted by atomic mass is 32.2. The van der Waals surface area contributed by atoms with Gasteiger partial charge in [-0.05, 0) is 24.0 Å². The standard InChI is InChI=1S/C18H16N2O2S/c1-23-16-9-7-14(8-10-16)11-20-21-13-18-19-12-17(22-18)15-5-3-2-4-6-15/h2-12H,13H2,1H3. The SMILES string of the molecule is CSc1ccc(C=NOCc2ncc(-c3ccccc3)o2)cc1. The number of oxazole rings is 1. The summed E-state index contributed by atoms with van der Waals surface area (Å²) in [6, 6.07) is 17.9. The molecule has 3 aromatic rings. The summed E-state index contributed by atoms with van der Waals surface area (Å²) >= 11 is 1.71. The summed E-state index contributed by atoms with van der Waals surface area (Å²) in [4.78, 5) is 10.6. The predicted octanol–water partition coefficient (Wildman–Crippen LogP) is 4.61. The van der Waals surface area contributed by atoms with Crippen molar-refractivity contribution in [3.8, 4) is 11.3 Å². The molecule has 0 atom stereocenters. The van der Waals surface area contributed by atoms with Crippen LogP contribution in [0.3, 0.4) is 0 Å². The Balaban J connectivity index is 1.54. The summed E-state index contributed by atoms with van der Waals surface area (Å²) in [5, 5.41) is 3.94. The first-order chi connectivity index (χ1) is 11.3. The van der Waals surface area contributed by atoms with Crippen molar-refractivity contribution in [1.82, 2.24) is 4.98 Å². The number of benzene rings is 2. The van der Waals surface area contributed by atoms with Gasteiger partial charge in [0.15, 0.2) is 12.4 Å². The molecule has 0 amide bonds. The van der Waals surface area contributed by atoms with Gasteiger partial charge in [0.1, 0.15) is 0 Å². The van der Waals surface area contributed by atoms with Crippen LogP contribution in [0.2, 0.25) is 0 Å². The van der Waals surface area contributed by atoms with Crippen LogP contribution in [0.15, 0.2) is 75.3 Å². The van der Waals surface area contributed by atoms with E-state index in [1.165, 1.54) is 4.90 Å². The summed E-state index contributed by atoms with van der Waals surface area (Å²) in [5.74, 6) is 1.22. The summed E-state index contributed by atoms with van der Waals surface area (Å²) in [6.07, 6.45) is 5.41. The Labute approximate surface area is 139 Å². The lowest BCUT2D eigenvalue weighted by Gasteiger charge is -1.97. The van der Waals surface area contributed by atoms with E-state index in [0.29, 0.717) is 5.89 Å². The summed E-state index contributed by atoms with van der Waals surface area (Å²) in [7, 11) is 0. The number of hydrogen-bond acceptors (Lipinski definition) is 5. The van der Waals surface area contributed by atoms with Crippen molar-refractivity contribution in [1.29, 1.82) is 0 Å². The number of oxime groups is 1. The lowest BCUT2D eigenvalue weighted by molar-refractivity contribution is 0.113. The predicted molar refractivity (Wildman–Crippen MR) is 92.5 cm³/mol. The number of nitrogens with zero attached hydrogens (tertiary/aromatic N) is 2. The highest BCUT2D eigenvalue weighted by molar-refractivity contribution is 7.98. The third-order valence-corrected chi connectivity index (χ3v) is 3.94. The van der Waals surface area contributed by atoms with Crippen molar-refractivity contribution in [3.05, 3.63) is 72.2 Å². The van der Waals surface area contributed by atoms with E-state index >= 15 is 0 Å². The highest BCUT2D eigenvalue weighted by Crippen LogP contribution is 2.20. The van der Waals surface area contributed by atoms with Crippen molar-refractivity contribution in [2.45, 2.75) is 11.5 Å². The number of aromatic nitrogens is 1. The zero-order chi connectivity index (χ0) is 15.9. The molecule has 0 radical (unpaired) electrons. The molecule has 0 fully saturated rings. The molecule has 3 rings (SSSR count). The van der Waals surface area contributed by atoms with Gasteiger partial charge < -0.3 is 9.25 Å². The Bertz CT molecular complexity index is 767. The van der Waals surface area contributed by atoms with Gasteiger partial charge in [-0.2, -0.15) is 0 Å². The molecule has 0 aliphatic rings. The Hall–Kier alpha value is -2.53. The van der Waals surface area contributed by atoms with E-state index in [2.05, 4.69) is 10.1 Å². The van der Waals surface area contributed by atoms with Crippen LogP contribution in [0, 0.1) is 0 Å². The molecule has 116 valence electrons. The minimum atomic E-state index is 0.201. The molecular formula is C18H16N2O2S. The molecule has 0 aliphatic heterocycles. The Morgan fingerprint density at radius 2 is 1.91 bits per heavy atom. The maximum absolute atomic E-state index is 5.64. The molecule has 2 aromatic carbocycles. The van der Waals surface area contributed by atoms with Crippen molar-refractivity contribution in [3.63, 3.8) is 0 Å². The van der Waals surface area contributed by atoms with Crippen LogP contribution in [0.5, 0.6) is 0 Å². The van der Waals surface area contributed by atoms with Crippen LogP contribution in [0.25, 0.3) is 11.3 Å². The number of rotatable bonds is 6. The Morgan fingerprint density at radius 3 is 2.65 bits per heavy atom. The molecule has 0 aliphatic carbocycles. The van der Waals surface area contributed by atoms with E-state index < -0.39 is 0 Å². The third kappa shape index (κ3) is 4.23. The molecular weight excluding hydrogens is 308 g/mol. The van der Waals surface area contributed by atoms with Crippen molar-refractivity contribution in [2.75, 3.05) is 6.26 Å². The molecule has 0 unspecified atom stereocenters. The minimum Gasteiger partial charge on any atom is -0.437 e. The van der Waals surface area contributed by atoms with Gasteiger partial charge >= 0.3 is 0 Å². The molecule has 0 spiro atoms. The van der Waals surface area contributed by atoms with Gasteiger partial charge in [-0.3, -0.25) is 0 Å². The average Bonchev–Trinajstić information content (AvgIpc) is 3.09. The lowest BCUT2D eigenvalue weighted by atomic mass is 10.2. The second-order valence-electron chi connectivity index (χ2n) is 4.77. The average molecular weight is 324 g/mol. The molecule has 0 bridgehead atoms. The van der Waals surface area contributed by atoms with Crippen LogP contribution in [0.1, 0.15) is 11.5 Å². The van der Waals surface area contributed by atoms with Gasteiger partial charge in [-0.1, -0.05) is 47.6 Å². The number of thioether (sulfide) groups is 1. The molecule has 0 saturated heterocycles. The van der Waals surface area contributed by atoms with E-state index in [4.69, 9.17) is 9.25 Å². The molecule has 5 heteroatoms. The second kappa shape index (κ2) is 7.65. The monoisotopic (exact) mass is 324 g/mol. The van der Waals surface area contributed by atoms with Crippen molar-refractivity contribution < 1.29 is 9.25 Å². The fourth-order valence-corrected chi connectivity index (χ4v) is 2.40. The van der Waals surface area contributed by atoms with Gasteiger partial charge in [0.05, 0.1) is 12.4 Å². The van der Waals surface area contributed by atoms with Gasteiger partial charge in [0.2, 0.25) is 5.89 Å². The highest BCUT2D eigenvalue weighted by Gasteiger charge is 2.05. The Morgan fingerprint density at radius 1 is 1.13 bits per heavy atom. The first-order valence-electron chi connectivity index (χ1n) is 7.14. The van der Waals surface area contributed by atoms with E-state index in [9.17, 15) is 0 Å². The molecule has 4 nitrogen and oxygen atoms in total. The summed E-state index contributed by atoms with van der Waals surface area (Å²) in [6.45, 7) is 0.201. The molecule has 23 heavy (non-hydrogen) atoms. The van der Waals surface area contributed by atoms with Crippen LogP contribution >= 0.6 is 11.8 Å². The zero-order valence-corrected chi connectivity index (χ0v) is 13.5. The van der Waals surface area contributed by atoms with Crippen LogP contribution in [-0.4, -0.2) is 17.5 Å². The largest absolute Gasteiger partial charge is 0.437 e. The van der Waals surface area contributed by atoms with Gasteiger partial charge in [0.25, 0.3) is 0 Å². The van der Waals surface area contributed by atoms with E-state index in [1.54, 1.807) is 24.2 Å². The van der Waals surface area contributed by atoms with Gasteiger partial charge in [0, 0.05) is 10.5 Å². The van der Waals surface area contributed by atoms with E-state index in [1.807, 2.05) is 60.9 Å². The fourth-order valence-electron chi connectivity index (χ4n) is 1.99. The zero-order valence-electron chi connectivity index (χ0n) is 12.7. The third-order valence-electron chi connectivity index (χ3n) is 3.19. The number of hydrogen-bond donors (Lipinski definition) is 0. The minimum absolute atomic E-state index is 0.201. The Kier molecular flexibility index (Phi) is 5.11. The lowest BCUT2D eigenvalue weighted by Crippen LogP contribution is -1.88. The topological polar surface area (TPSA) is 47.6 Å². The smallest absolute Gasteiger partial charge is 0.235 e. The van der Waals surface area contributed by atoms with Crippen LogP contribution in [-0.2, 0) is 11.4 Å². The first-order valence-corrected chi connectivity index (χ1v) is 8.37. The second-order valence-corrected chi connectivity index (χ2v) is 5.65. The van der Waals surface area contributed by atoms with Crippen LogP contribution < -0.4 is 0 Å². The first kappa shape index (κ1) is 15.4. The molecule has 0 saturated carbocycles. The van der Waals surface area contributed by atoms with Crippen LogP contribution in [0.4, 0.5) is 0 Å². The molecule has 0 N–H and O–H groups in total.